The quantitative estimate of drug-likeness (QED) is 0.637. The van der Waals surface area contributed by atoms with Crippen molar-refractivity contribution in [3.8, 4) is 0 Å². The number of carbonyl (C=O) groups excluding carboxylic acids is 2. The van der Waals surface area contributed by atoms with Gasteiger partial charge in [0.25, 0.3) is 0 Å². The predicted octanol–water partition coefficient (Wildman–Crippen LogP) is 3.80. The van der Waals surface area contributed by atoms with E-state index in [1.54, 1.807) is 48.5 Å². The maximum absolute atomic E-state index is 11.9. The first-order valence-corrected chi connectivity index (χ1v) is 6.88. The zero-order valence-corrected chi connectivity index (χ0v) is 12.8. The highest BCUT2D eigenvalue weighted by Crippen LogP contribution is 2.19. The normalized spacial score (nSPS) is 10.4. The minimum Gasteiger partial charge on any atom is -0.348 e. The van der Waals surface area contributed by atoms with Crippen LogP contribution in [0.5, 0.6) is 0 Å². The molecule has 3 N–H and O–H groups in total. The number of carbonyl (C=O) groups is 2. The number of nitrogens with one attached hydrogen (secondary N) is 1. The van der Waals surface area contributed by atoms with Gasteiger partial charge in [-0.3, -0.25) is 0 Å². The Hall–Kier alpha value is -2.74. The number of nitrogens with two attached hydrogens (primary N) is 1. The minimum atomic E-state index is -0.871. The molecule has 7 nitrogen and oxygen atoms in total. The first-order chi connectivity index (χ1) is 10.6. The van der Waals surface area contributed by atoms with Crippen LogP contribution in [0.3, 0.4) is 0 Å². The van der Waals surface area contributed by atoms with E-state index in [1.807, 2.05) is 0 Å². The molecule has 2 aromatic rings. The molecule has 8 heteroatoms. The second kappa shape index (κ2) is 7.32. The zero-order valence-electron chi connectivity index (χ0n) is 11.2. The number of primary amides is 1. The highest BCUT2D eigenvalue weighted by molar-refractivity contribution is 9.10. The van der Waals surface area contributed by atoms with Crippen LogP contribution in [0, 0.1) is 0 Å². The average molecular weight is 363 g/mol. The third-order valence-corrected chi connectivity index (χ3v) is 3.18. The lowest BCUT2D eigenvalue weighted by Gasteiger charge is -2.07. The van der Waals surface area contributed by atoms with E-state index in [1.165, 1.54) is 0 Å². The number of rotatable bonds is 4. The predicted molar refractivity (Wildman–Crippen MR) is 83.7 cm³/mol. The summed E-state index contributed by atoms with van der Waals surface area (Å²) >= 11 is 3.27. The van der Waals surface area contributed by atoms with E-state index in [4.69, 9.17) is 10.6 Å². The summed E-state index contributed by atoms with van der Waals surface area (Å²) in [7, 11) is 0. The Morgan fingerprint density at radius 3 is 2.41 bits per heavy atom. The van der Waals surface area contributed by atoms with Gasteiger partial charge in [-0.2, -0.15) is 0 Å². The van der Waals surface area contributed by atoms with Gasteiger partial charge in [0.2, 0.25) is 0 Å². The van der Waals surface area contributed by atoms with E-state index >= 15 is 0 Å². The standard InChI is InChI=1S/C14H11BrN4O3/c15-12-4-2-1-3-11(12)13(20)22-19-10-7-5-9(6-8-10)17-18-14(16)21/h1-8,19H,(H2,16,21). The van der Waals surface area contributed by atoms with E-state index in [9.17, 15) is 9.59 Å². The maximum Gasteiger partial charge on any atom is 0.363 e. The number of hydrogen-bond acceptors (Lipinski definition) is 5. The summed E-state index contributed by atoms with van der Waals surface area (Å²) in [5.74, 6) is -0.523. The summed E-state index contributed by atoms with van der Waals surface area (Å²) in [5, 5.41) is 6.81. The van der Waals surface area contributed by atoms with Gasteiger partial charge in [-0.05, 0) is 52.3 Å². The Morgan fingerprint density at radius 2 is 1.77 bits per heavy atom. The lowest BCUT2D eigenvalue weighted by atomic mass is 10.2. The third kappa shape index (κ3) is 4.38. The smallest absolute Gasteiger partial charge is 0.348 e. The largest absolute Gasteiger partial charge is 0.363 e. The molecule has 0 saturated carbocycles. The second-order valence-corrected chi connectivity index (χ2v) is 4.91. The van der Waals surface area contributed by atoms with Crippen molar-refractivity contribution in [3.05, 3.63) is 58.6 Å². The molecule has 0 spiro atoms. The highest BCUT2D eigenvalue weighted by atomic mass is 79.9. The molecular weight excluding hydrogens is 352 g/mol. The van der Waals surface area contributed by atoms with Gasteiger partial charge in [-0.1, -0.05) is 17.2 Å². The van der Waals surface area contributed by atoms with Crippen molar-refractivity contribution in [2.45, 2.75) is 0 Å². The maximum atomic E-state index is 11.9. The fourth-order valence-corrected chi connectivity index (χ4v) is 1.94. The van der Waals surface area contributed by atoms with Crippen LogP contribution in [-0.4, -0.2) is 12.0 Å². The van der Waals surface area contributed by atoms with Crippen molar-refractivity contribution >= 4 is 39.3 Å². The average Bonchev–Trinajstić information content (AvgIpc) is 2.52. The first kappa shape index (κ1) is 15.6. The number of nitrogens with zero attached hydrogens (tertiary/aromatic N) is 2. The summed E-state index contributed by atoms with van der Waals surface area (Å²) in [6.07, 6.45) is 0. The fraction of sp³-hybridized carbons (Fsp3) is 0. The molecule has 0 radical (unpaired) electrons. The molecule has 0 bridgehead atoms. The topological polar surface area (TPSA) is 106 Å². The SMILES string of the molecule is NC(=O)N=Nc1ccc(NOC(=O)c2ccccc2Br)cc1. The summed E-state index contributed by atoms with van der Waals surface area (Å²) in [5.41, 5.74) is 8.76. The molecule has 0 atom stereocenters. The molecule has 112 valence electrons. The van der Waals surface area contributed by atoms with Crippen LogP contribution in [0.25, 0.3) is 0 Å². The van der Waals surface area contributed by atoms with Crippen molar-refractivity contribution in [1.82, 2.24) is 0 Å². The van der Waals surface area contributed by atoms with Crippen molar-refractivity contribution in [2.24, 2.45) is 16.0 Å². The molecule has 0 aromatic heterocycles. The van der Waals surface area contributed by atoms with Crippen molar-refractivity contribution < 1.29 is 14.4 Å². The van der Waals surface area contributed by atoms with E-state index in [0.717, 1.165) is 0 Å². The van der Waals surface area contributed by atoms with Gasteiger partial charge in [0.05, 0.1) is 16.9 Å². The van der Waals surface area contributed by atoms with Gasteiger partial charge >= 0.3 is 12.0 Å². The molecule has 0 aliphatic heterocycles. The molecule has 2 amide bonds. The van der Waals surface area contributed by atoms with Crippen molar-refractivity contribution in [1.29, 1.82) is 0 Å². The summed E-state index contributed by atoms with van der Waals surface area (Å²) < 4.78 is 0.643. The highest BCUT2D eigenvalue weighted by Gasteiger charge is 2.10. The third-order valence-electron chi connectivity index (χ3n) is 2.49. The van der Waals surface area contributed by atoms with Crippen LogP contribution in [-0.2, 0) is 4.84 Å². The Labute approximate surface area is 134 Å². The van der Waals surface area contributed by atoms with Gasteiger partial charge < -0.3 is 10.6 Å². The Bertz CT molecular complexity index is 716. The lowest BCUT2D eigenvalue weighted by Crippen LogP contribution is -2.11. The zero-order chi connectivity index (χ0) is 15.9. The summed E-state index contributed by atoms with van der Waals surface area (Å²) in [6.45, 7) is 0. The lowest BCUT2D eigenvalue weighted by molar-refractivity contribution is 0.0595. The van der Waals surface area contributed by atoms with E-state index in [0.29, 0.717) is 21.4 Å². The van der Waals surface area contributed by atoms with E-state index in [-0.39, 0.29) is 0 Å². The monoisotopic (exact) mass is 362 g/mol. The van der Waals surface area contributed by atoms with Crippen molar-refractivity contribution in [2.75, 3.05) is 5.48 Å². The van der Waals surface area contributed by atoms with Crippen LogP contribution >= 0.6 is 15.9 Å². The van der Waals surface area contributed by atoms with Gasteiger partial charge in [0.15, 0.2) is 0 Å². The second-order valence-electron chi connectivity index (χ2n) is 4.06. The number of benzene rings is 2. The number of halogens is 1. The molecule has 0 heterocycles. The molecule has 2 rings (SSSR count). The molecular formula is C14H11BrN4O3. The number of amides is 2. The molecule has 0 aliphatic carbocycles. The number of anilines is 1. The number of hydrogen-bond donors (Lipinski definition) is 2. The summed E-state index contributed by atoms with van der Waals surface area (Å²) in [4.78, 5) is 27.3. The van der Waals surface area contributed by atoms with Crippen LogP contribution in [0.15, 0.2) is 63.2 Å². The van der Waals surface area contributed by atoms with E-state index in [2.05, 4.69) is 31.6 Å². The number of azo groups is 1. The number of urea groups is 1. The molecule has 0 unspecified atom stereocenters. The fourth-order valence-electron chi connectivity index (χ4n) is 1.49. The first-order valence-electron chi connectivity index (χ1n) is 6.09. The molecule has 0 saturated heterocycles. The van der Waals surface area contributed by atoms with E-state index < -0.39 is 12.0 Å². The van der Waals surface area contributed by atoms with Gasteiger partial charge in [-0.15, -0.1) is 5.11 Å². The Morgan fingerprint density at radius 1 is 1.09 bits per heavy atom. The molecule has 0 aliphatic rings. The van der Waals surface area contributed by atoms with Crippen LogP contribution in [0.1, 0.15) is 10.4 Å². The van der Waals surface area contributed by atoms with Gasteiger partial charge in [0, 0.05) is 4.47 Å². The Balaban J connectivity index is 1.96. The van der Waals surface area contributed by atoms with Crippen molar-refractivity contribution in [3.63, 3.8) is 0 Å². The van der Waals surface area contributed by atoms with Crippen LogP contribution in [0.4, 0.5) is 16.2 Å². The Kier molecular flexibility index (Phi) is 5.21. The molecule has 0 fully saturated rings. The van der Waals surface area contributed by atoms with Crippen LogP contribution < -0.4 is 11.2 Å². The molecule has 22 heavy (non-hydrogen) atoms. The van der Waals surface area contributed by atoms with Gasteiger partial charge in [-0.25, -0.2) is 15.1 Å². The van der Waals surface area contributed by atoms with Crippen LogP contribution in [0.2, 0.25) is 0 Å². The summed E-state index contributed by atoms with van der Waals surface area (Å²) in [6, 6.07) is 12.4. The van der Waals surface area contributed by atoms with Gasteiger partial charge in [0.1, 0.15) is 0 Å². The molecule has 2 aromatic carbocycles. The minimum absolute atomic E-state index is 0.405.